The van der Waals surface area contributed by atoms with E-state index in [0.29, 0.717) is 0 Å². The van der Waals surface area contributed by atoms with E-state index in [4.69, 9.17) is 0 Å². The van der Waals surface area contributed by atoms with Crippen LogP contribution in [0.3, 0.4) is 0 Å². The summed E-state index contributed by atoms with van der Waals surface area (Å²) in [5.41, 5.74) is 1.26. The summed E-state index contributed by atoms with van der Waals surface area (Å²) in [5.74, 6) is 0. The van der Waals surface area contributed by atoms with E-state index in [1.807, 2.05) is 19.3 Å². The van der Waals surface area contributed by atoms with Crippen LogP contribution in [0, 0.1) is 0 Å². The number of rotatable bonds is 4. The van der Waals surface area contributed by atoms with Crippen LogP contribution < -0.4 is 5.32 Å². The number of thiazole rings is 1. The van der Waals surface area contributed by atoms with Gasteiger partial charge in [-0.1, -0.05) is 6.07 Å². The van der Waals surface area contributed by atoms with Gasteiger partial charge in [0.1, 0.15) is 4.60 Å². The van der Waals surface area contributed by atoms with Gasteiger partial charge in [0.2, 0.25) is 0 Å². The largest absolute Gasteiger partial charge is 0.365 e. The minimum Gasteiger partial charge on any atom is -0.365 e. The van der Waals surface area contributed by atoms with E-state index >= 15 is 0 Å². The average molecular weight is 298 g/mol. The number of halogens is 1. The van der Waals surface area contributed by atoms with Gasteiger partial charge in [0, 0.05) is 24.3 Å². The minimum atomic E-state index is 0.950. The molecule has 5 heteroatoms. The standard InChI is InChI=1S/C11H12BrN3S/c1-13-11-15-10(12)9(16-11)5-4-8-3-2-6-14-7-8/h2-3,6-7H,4-5H2,1H3,(H,13,15). The quantitative estimate of drug-likeness (QED) is 0.942. The second-order valence-corrected chi connectivity index (χ2v) is 5.18. The molecule has 0 atom stereocenters. The van der Waals surface area contributed by atoms with Crippen LogP contribution in [-0.4, -0.2) is 17.0 Å². The van der Waals surface area contributed by atoms with Crippen LogP contribution in [0.15, 0.2) is 29.1 Å². The molecule has 1 N–H and O–H groups in total. The van der Waals surface area contributed by atoms with E-state index in [2.05, 4.69) is 37.3 Å². The molecule has 0 aliphatic heterocycles. The Morgan fingerprint density at radius 3 is 2.94 bits per heavy atom. The molecule has 2 aromatic rings. The van der Waals surface area contributed by atoms with Gasteiger partial charge in [-0.15, -0.1) is 11.3 Å². The third-order valence-electron chi connectivity index (χ3n) is 2.23. The number of nitrogens with zero attached hydrogens (tertiary/aromatic N) is 2. The molecule has 84 valence electrons. The fourth-order valence-electron chi connectivity index (χ4n) is 1.40. The highest BCUT2D eigenvalue weighted by Gasteiger charge is 2.07. The fourth-order valence-corrected chi connectivity index (χ4v) is 2.94. The molecule has 0 aliphatic rings. The summed E-state index contributed by atoms with van der Waals surface area (Å²) in [6, 6.07) is 4.07. The first-order valence-electron chi connectivity index (χ1n) is 5.01. The number of pyridine rings is 1. The maximum Gasteiger partial charge on any atom is 0.183 e. The Labute approximate surface area is 107 Å². The summed E-state index contributed by atoms with van der Waals surface area (Å²) < 4.78 is 0.950. The summed E-state index contributed by atoms with van der Waals surface area (Å²) in [7, 11) is 1.89. The predicted octanol–water partition coefficient (Wildman–Crippen LogP) is 3.13. The topological polar surface area (TPSA) is 37.8 Å². The Balaban J connectivity index is 2.02. The average Bonchev–Trinajstić information content (AvgIpc) is 2.69. The molecule has 0 amide bonds. The number of nitrogens with one attached hydrogen (secondary N) is 1. The molecule has 0 aromatic carbocycles. The first kappa shape index (κ1) is 11.5. The maximum atomic E-state index is 4.35. The summed E-state index contributed by atoms with van der Waals surface area (Å²) in [4.78, 5) is 9.73. The zero-order chi connectivity index (χ0) is 11.4. The number of hydrogen-bond donors (Lipinski definition) is 1. The molecular formula is C11H12BrN3S. The SMILES string of the molecule is CNc1nc(Br)c(CCc2cccnc2)s1. The molecule has 0 saturated heterocycles. The van der Waals surface area contributed by atoms with Crippen molar-refractivity contribution in [2.45, 2.75) is 12.8 Å². The smallest absolute Gasteiger partial charge is 0.183 e. The zero-order valence-corrected chi connectivity index (χ0v) is 11.3. The molecule has 0 spiro atoms. The Bertz CT molecular complexity index is 456. The number of aryl methyl sites for hydroxylation is 2. The summed E-state index contributed by atoms with van der Waals surface area (Å²) in [6.07, 6.45) is 5.70. The van der Waals surface area contributed by atoms with Crippen molar-refractivity contribution >= 4 is 32.4 Å². The second-order valence-electron chi connectivity index (χ2n) is 3.34. The molecule has 0 aliphatic carbocycles. The fraction of sp³-hybridized carbons (Fsp3) is 0.273. The molecule has 0 saturated carbocycles. The second kappa shape index (κ2) is 5.41. The summed E-state index contributed by atoms with van der Waals surface area (Å²) in [6.45, 7) is 0. The number of hydrogen-bond acceptors (Lipinski definition) is 4. The van der Waals surface area contributed by atoms with Crippen LogP contribution in [0.1, 0.15) is 10.4 Å². The van der Waals surface area contributed by atoms with E-state index in [0.717, 1.165) is 22.6 Å². The first-order chi connectivity index (χ1) is 7.79. The van der Waals surface area contributed by atoms with E-state index in [1.54, 1.807) is 17.5 Å². The first-order valence-corrected chi connectivity index (χ1v) is 6.62. The molecule has 0 radical (unpaired) electrons. The van der Waals surface area contributed by atoms with Gasteiger partial charge in [0.25, 0.3) is 0 Å². The van der Waals surface area contributed by atoms with Gasteiger partial charge in [-0.2, -0.15) is 0 Å². The van der Waals surface area contributed by atoms with Crippen molar-refractivity contribution in [2.24, 2.45) is 0 Å². The molecule has 2 aromatic heterocycles. The molecule has 0 unspecified atom stereocenters. The Morgan fingerprint density at radius 1 is 1.44 bits per heavy atom. The molecular weight excluding hydrogens is 286 g/mol. The van der Waals surface area contributed by atoms with E-state index in [9.17, 15) is 0 Å². The van der Waals surface area contributed by atoms with Crippen LogP contribution in [0.2, 0.25) is 0 Å². The van der Waals surface area contributed by atoms with Crippen LogP contribution >= 0.6 is 27.3 Å². The number of aromatic nitrogens is 2. The van der Waals surface area contributed by atoms with Crippen molar-refractivity contribution in [1.82, 2.24) is 9.97 Å². The minimum absolute atomic E-state index is 0.950. The maximum absolute atomic E-state index is 4.35. The van der Waals surface area contributed by atoms with Gasteiger partial charge >= 0.3 is 0 Å². The third kappa shape index (κ3) is 2.80. The van der Waals surface area contributed by atoms with Gasteiger partial charge in [-0.3, -0.25) is 4.98 Å². The molecule has 0 fully saturated rings. The normalized spacial score (nSPS) is 10.4. The van der Waals surface area contributed by atoms with Crippen molar-refractivity contribution in [3.05, 3.63) is 39.6 Å². The number of anilines is 1. The highest BCUT2D eigenvalue weighted by Crippen LogP contribution is 2.27. The monoisotopic (exact) mass is 297 g/mol. The summed E-state index contributed by atoms with van der Waals surface area (Å²) in [5, 5.41) is 4.00. The van der Waals surface area contributed by atoms with E-state index in [1.165, 1.54) is 10.4 Å². The third-order valence-corrected chi connectivity index (χ3v) is 4.28. The summed E-state index contributed by atoms with van der Waals surface area (Å²) >= 11 is 5.16. The van der Waals surface area contributed by atoms with Crippen LogP contribution in [-0.2, 0) is 12.8 Å². The lowest BCUT2D eigenvalue weighted by Gasteiger charge is -1.98. The zero-order valence-electron chi connectivity index (χ0n) is 8.90. The molecule has 16 heavy (non-hydrogen) atoms. The highest BCUT2D eigenvalue weighted by atomic mass is 79.9. The lowest BCUT2D eigenvalue weighted by molar-refractivity contribution is 0.958. The molecule has 3 nitrogen and oxygen atoms in total. The van der Waals surface area contributed by atoms with E-state index in [-0.39, 0.29) is 0 Å². The van der Waals surface area contributed by atoms with Gasteiger partial charge in [-0.05, 0) is 40.4 Å². The Kier molecular flexibility index (Phi) is 3.90. The van der Waals surface area contributed by atoms with Crippen molar-refractivity contribution in [2.75, 3.05) is 12.4 Å². The van der Waals surface area contributed by atoms with Gasteiger partial charge in [0.15, 0.2) is 5.13 Å². The molecule has 2 rings (SSSR count). The lowest BCUT2D eigenvalue weighted by atomic mass is 10.1. The Hall–Kier alpha value is -0.940. The van der Waals surface area contributed by atoms with Crippen LogP contribution in [0.4, 0.5) is 5.13 Å². The lowest BCUT2D eigenvalue weighted by Crippen LogP contribution is -1.90. The van der Waals surface area contributed by atoms with E-state index < -0.39 is 0 Å². The van der Waals surface area contributed by atoms with Crippen molar-refractivity contribution in [1.29, 1.82) is 0 Å². The predicted molar refractivity (Wildman–Crippen MR) is 71.0 cm³/mol. The molecule has 2 heterocycles. The molecule has 0 bridgehead atoms. The van der Waals surface area contributed by atoms with Crippen molar-refractivity contribution < 1.29 is 0 Å². The van der Waals surface area contributed by atoms with Crippen molar-refractivity contribution in [3.63, 3.8) is 0 Å². The van der Waals surface area contributed by atoms with Crippen LogP contribution in [0.5, 0.6) is 0 Å². The highest BCUT2D eigenvalue weighted by molar-refractivity contribution is 9.10. The Morgan fingerprint density at radius 2 is 2.31 bits per heavy atom. The van der Waals surface area contributed by atoms with Crippen molar-refractivity contribution in [3.8, 4) is 0 Å². The van der Waals surface area contributed by atoms with Gasteiger partial charge in [-0.25, -0.2) is 4.98 Å². The van der Waals surface area contributed by atoms with Crippen LogP contribution in [0.25, 0.3) is 0 Å². The van der Waals surface area contributed by atoms with Gasteiger partial charge < -0.3 is 5.32 Å². The van der Waals surface area contributed by atoms with Gasteiger partial charge in [0.05, 0.1) is 0 Å².